The van der Waals surface area contributed by atoms with Crippen LogP contribution in [0.25, 0.3) is 0 Å². The van der Waals surface area contributed by atoms with E-state index in [0.29, 0.717) is 22.1 Å². The number of methoxy groups -OCH3 is 1. The first-order valence-corrected chi connectivity index (χ1v) is 9.35. The SMILES string of the molecule is COc1ccc(C(=O)NC(C)c2ccccc2)cc1COc1ccc(Cl)cc1. The van der Waals surface area contributed by atoms with Crippen LogP contribution in [-0.2, 0) is 6.61 Å². The normalized spacial score (nSPS) is 11.5. The molecule has 0 bridgehead atoms. The maximum atomic E-state index is 12.7. The van der Waals surface area contributed by atoms with E-state index in [4.69, 9.17) is 21.1 Å². The van der Waals surface area contributed by atoms with Gasteiger partial charge in [-0.05, 0) is 55.0 Å². The Bertz CT molecular complexity index is 926. The lowest BCUT2D eigenvalue weighted by molar-refractivity contribution is 0.0939. The van der Waals surface area contributed by atoms with Crippen LogP contribution in [0.4, 0.5) is 0 Å². The van der Waals surface area contributed by atoms with Crippen molar-refractivity contribution in [1.82, 2.24) is 5.32 Å². The summed E-state index contributed by atoms with van der Waals surface area (Å²) in [6.07, 6.45) is 0. The number of carbonyl (C=O) groups is 1. The second kappa shape index (κ2) is 9.29. The molecule has 0 saturated heterocycles. The quantitative estimate of drug-likeness (QED) is 0.581. The molecule has 3 rings (SSSR count). The van der Waals surface area contributed by atoms with Crippen molar-refractivity contribution in [2.45, 2.75) is 19.6 Å². The van der Waals surface area contributed by atoms with Crippen LogP contribution in [0.15, 0.2) is 72.8 Å². The maximum Gasteiger partial charge on any atom is 0.251 e. The smallest absolute Gasteiger partial charge is 0.251 e. The van der Waals surface area contributed by atoms with E-state index in [1.165, 1.54) is 0 Å². The Morgan fingerprint density at radius 3 is 2.43 bits per heavy atom. The minimum Gasteiger partial charge on any atom is -0.496 e. The zero-order valence-electron chi connectivity index (χ0n) is 15.8. The Morgan fingerprint density at radius 1 is 1.04 bits per heavy atom. The number of hydrogen-bond donors (Lipinski definition) is 1. The van der Waals surface area contributed by atoms with Crippen molar-refractivity contribution in [3.63, 3.8) is 0 Å². The molecule has 1 atom stereocenters. The number of ether oxygens (including phenoxy) is 2. The molecule has 3 aromatic rings. The Kier molecular flexibility index (Phi) is 6.56. The van der Waals surface area contributed by atoms with E-state index in [2.05, 4.69) is 5.32 Å². The van der Waals surface area contributed by atoms with Gasteiger partial charge in [-0.3, -0.25) is 4.79 Å². The molecule has 28 heavy (non-hydrogen) atoms. The molecule has 0 aromatic heterocycles. The molecule has 0 aliphatic carbocycles. The van der Waals surface area contributed by atoms with Gasteiger partial charge in [0.1, 0.15) is 18.1 Å². The van der Waals surface area contributed by atoms with Crippen molar-refractivity contribution in [1.29, 1.82) is 0 Å². The lowest BCUT2D eigenvalue weighted by Crippen LogP contribution is -2.26. The van der Waals surface area contributed by atoms with E-state index in [1.54, 1.807) is 49.6 Å². The molecule has 1 amide bonds. The van der Waals surface area contributed by atoms with Gasteiger partial charge in [0.15, 0.2) is 0 Å². The highest BCUT2D eigenvalue weighted by Crippen LogP contribution is 2.23. The van der Waals surface area contributed by atoms with Crippen LogP contribution in [-0.4, -0.2) is 13.0 Å². The summed E-state index contributed by atoms with van der Waals surface area (Å²) in [6, 6.07) is 22.2. The van der Waals surface area contributed by atoms with Gasteiger partial charge in [-0.15, -0.1) is 0 Å². The first-order valence-electron chi connectivity index (χ1n) is 8.98. The zero-order chi connectivity index (χ0) is 19.9. The lowest BCUT2D eigenvalue weighted by atomic mass is 10.1. The number of halogens is 1. The van der Waals surface area contributed by atoms with Gasteiger partial charge in [0.05, 0.1) is 13.2 Å². The number of carbonyl (C=O) groups excluding carboxylic acids is 1. The van der Waals surface area contributed by atoms with E-state index in [-0.39, 0.29) is 18.6 Å². The summed E-state index contributed by atoms with van der Waals surface area (Å²) in [5.41, 5.74) is 2.39. The molecule has 5 heteroatoms. The van der Waals surface area contributed by atoms with E-state index >= 15 is 0 Å². The standard InChI is InChI=1S/C23H22ClNO3/c1-16(17-6-4-3-5-7-17)25-23(26)18-8-13-22(27-2)19(14-18)15-28-21-11-9-20(24)10-12-21/h3-14,16H,15H2,1-2H3,(H,25,26). The van der Waals surface area contributed by atoms with Gasteiger partial charge >= 0.3 is 0 Å². The van der Waals surface area contributed by atoms with Crippen molar-refractivity contribution in [2.75, 3.05) is 7.11 Å². The van der Waals surface area contributed by atoms with Crippen LogP contribution in [0.1, 0.15) is 34.5 Å². The van der Waals surface area contributed by atoms with Crippen molar-refractivity contribution >= 4 is 17.5 Å². The van der Waals surface area contributed by atoms with E-state index in [9.17, 15) is 4.79 Å². The molecule has 144 valence electrons. The van der Waals surface area contributed by atoms with E-state index < -0.39 is 0 Å². The van der Waals surface area contributed by atoms with Gasteiger partial charge in [-0.1, -0.05) is 41.9 Å². The lowest BCUT2D eigenvalue weighted by Gasteiger charge is -2.16. The molecule has 0 radical (unpaired) electrons. The van der Waals surface area contributed by atoms with Crippen LogP contribution in [0.3, 0.4) is 0 Å². The highest BCUT2D eigenvalue weighted by atomic mass is 35.5. The van der Waals surface area contributed by atoms with Crippen molar-refractivity contribution < 1.29 is 14.3 Å². The summed E-state index contributed by atoms with van der Waals surface area (Å²) < 4.78 is 11.2. The summed E-state index contributed by atoms with van der Waals surface area (Å²) in [5.74, 6) is 1.22. The molecular weight excluding hydrogens is 374 g/mol. The minimum absolute atomic E-state index is 0.0930. The van der Waals surface area contributed by atoms with Crippen molar-refractivity contribution in [2.24, 2.45) is 0 Å². The Morgan fingerprint density at radius 2 is 1.75 bits per heavy atom. The number of benzene rings is 3. The average molecular weight is 396 g/mol. The predicted octanol–water partition coefficient (Wildman–Crippen LogP) is 5.42. The van der Waals surface area contributed by atoms with Crippen LogP contribution in [0, 0.1) is 0 Å². The van der Waals surface area contributed by atoms with Crippen LogP contribution in [0.5, 0.6) is 11.5 Å². The minimum atomic E-state index is -0.147. The molecule has 4 nitrogen and oxygen atoms in total. The first-order chi connectivity index (χ1) is 13.6. The summed E-state index contributed by atoms with van der Waals surface area (Å²) >= 11 is 5.90. The second-order valence-electron chi connectivity index (χ2n) is 6.38. The average Bonchev–Trinajstić information content (AvgIpc) is 2.73. The van der Waals surface area contributed by atoms with Gasteiger partial charge in [-0.2, -0.15) is 0 Å². The van der Waals surface area contributed by atoms with Crippen LogP contribution in [0.2, 0.25) is 5.02 Å². The molecule has 0 saturated carbocycles. The van der Waals surface area contributed by atoms with E-state index in [1.807, 2.05) is 37.3 Å². The third-order valence-corrected chi connectivity index (χ3v) is 4.65. The molecule has 0 aliphatic rings. The fraction of sp³-hybridized carbons (Fsp3) is 0.174. The predicted molar refractivity (Wildman–Crippen MR) is 111 cm³/mol. The van der Waals surface area contributed by atoms with Gasteiger partial charge in [0, 0.05) is 16.1 Å². The van der Waals surface area contributed by atoms with Crippen molar-refractivity contribution in [3.8, 4) is 11.5 Å². The third kappa shape index (κ3) is 5.05. The molecular formula is C23H22ClNO3. The summed E-state index contributed by atoms with van der Waals surface area (Å²) in [7, 11) is 1.60. The fourth-order valence-corrected chi connectivity index (χ4v) is 2.96. The summed E-state index contributed by atoms with van der Waals surface area (Å²) in [6.45, 7) is 2.24. The molecule has 1 unspecified atom stereocenters. The van der Waals surface area contributed by atoms with Gasteiger partial charge in [0.25, 0.3) is 5.91 Å². The number of rotatable bonds is 7. The second-order valence-corrected chi connectivity index (χ2v) is 6.81. The number of amides is 1. The highest BCUT2D eigenvalue weighted by Gasteiger charge is 2.14. The van der Waals surface area contributed by atoms with Gasteiger partial charge in [0.2, 0.25) is 0 Å². The number of hydrogen-bond acceptors (Lipinski definition) is 3. The van der Waals surface area contributed by atoms with Gasteiger partial charge in [-0.25, -0.2) is 0 Å². The summed E-state index contributed by atoms with van der Waals surface area (Å²) in [5, 5.41) is 3.67. The fourth-order valence-electron chi connectivity index (χ4n) is 2.83. The molecule has 0 aliphatic heterocycles. The van der Waals surface area contributed by atoms with Gasteiger partial charge < -0.3 is 14.8 Å². The molecule has 0 spiro atoms. The maximum absolute atomic E-state index is 12.7. The monoisotopic (exact) mass is 395 g/mol. The highest BCUT2D eigenvalue weighted by molar-refractivity contribution is 6.30. The Hall–Kier alpha value is -2.98. The Labute approximate surface area is 170 Å². The number of nitrogens with one attached hydrogen (secondary N) is 1. The third-order valence-electron chi connectivity index (χ3n) is 4.40. The van der Waals surface area contributed by atoms with E-state index in [0.717, 1.165) is 11.1 Å². The Balaban J connectivity index is 1.72. The topological polar surface area (TPSA) is 47.6 Å². The summed E-state index contributed by atoms with van der Waals surface area (Å²) in [4.78, 5) is 12.7. The molecule has 1 N–H and O–H groups in total. The van der Waals surface area contributed by atoms with Crippen molar-refractivity contribution in [3.05, 3.63) is 94.5 Å². The van der Waals surface area contributed by atoms with Crippen LogP contribution < -0.4 is 14.8 Å². The first kappa shape index (κ1) is 19.8. The largest absolute Gasteiger partial charge is 0.496 e. The zero-order valence-corrected chi connectivity index (χ0v) is 16.6. The molecule has 0 heterocycles. The molecule has 3 aromatic carbocycles. The molecule has 0 fully saturated rings. The van der Waals surface area contributed by atoms with Crippen LogP contribution >= 0.6 is 11.6 Å².